The first-order valence-corrected chi connectivity index (χ1v) is 3.71. The minimum atomic E-state index is 0.393. The SMILES string of the molecule is Oc1ccccc1[At]. The Hall–Kier alpha value is -0.0969. The molecule has 0 radical (unpaired) electrons. The molecular weight excluding hydrogens is 298 g/mol. The van der Waals surface area contributed by atoms with E-state index in [1.165, 1.54) is 24.7 Å². The maximum atomic E-state index is 8.93. The molecule has 0 aliphatic rings. The van der Waals surface area contributed by atoms with Crippen LogP contribution in [0.2, 0.25) is 0 Å². The first-order valence-electron chi connectivity index (χ1n) is 2.24. The molecule has 1 N–H and O–H groups in total. The molecule has 0 fully saturated rings. The summed E-state index contributed by atoms with van der Waals surface area (Å²) in [6, 6.07) is 7.31. The third-order valence-electron chi connectivity index (χ3n) is 0.852. The van der Waals surface area contributed by atoms with Gasteiger partial charge in [-0.05, 0) is 0 Å². The number of para-hydroxylation sites is 1. The first kappa shape index (κ1) is 6.03. The molecule has 0 spiro atoms. The number of benzene rings is 1. The molecule has 1 nitrogen and oxygen atoms in total. The van der Waals surface area contributed by atoms with Crippen LogP contribution >= 0.6 is 0 Å². The Balaban J connectivity index is 3.13. The molecule has 1 aromatic carbocycles. The van der Waals surface area contributed by atoms with E-state index in [-0.39, 0.29) is 0 Å². The summed E-state index contributed by atoms with van der Waals surface area (Å²) in [5.74, 6) is 0.393. The van der Waals surface area contributed by atoms with E-state index in [4.69, 9.17) is 5.11 Å². The normalized spacial score (nSPS) is 9.12. The predicted octanol–water partition coefficient (Wildman–Crippen LogP) is 0.567. The van der Waals surface area contributed by atoms with Crippen molar-refractivity contribution in [1.29, 1.82) is 0 Å². The average molecular weight is 303 g/mol. The zero-order chi connectivity index (χ0) is 5.98. The maximum absolute atomic E-state index is 8.93. The summed E-state index contributed by atoms with van der Waals surface area (Å²) in [5.41, 5.74) is 0. The Morgan fingerprint density at radius 2 is 1.88 bits per heavy atom. The topological polar surface area (TPSA) is 20.2 Å². The molecule has 1 aromatic rings. The van der Waals surface area contributed by atoms with Gasteiger partial charge in [0.2, 0.25) is 0 Å². The van der Waals surface area contributed by atoms with Crippen LogP contribution in [-0.4, -0.2) is 5.11 Å². The van der Waals surface area contributed by atoms with Crippen LogP contribution < -0.4 is 3.27 Å². The summed E-state index contributed by atoms with van der Waals surface area (Å²) in [5, 5.41) is 8.93. The molecule has 1 rings (SSSR count). The van der Waals surface area contributed by atoms with Crippen molar-refractivity contribution in [2.75, 3.05) is 0 Å². The van der Waals surface area contributed by atoms with Gasteiger partial charge in [-0.1, -0.05) is 0 Å². The third-order valence-corrected chi connectivity index (χ3v) is 2.09. The van der Waals surface area contributed by atoms with Crippen molar-refractivity contribution in [2.24, 2.45) is 0 Å². The van der Waals surface area contributed by atoms with E-state index in [0.717, 1.165) is 3.27 Å². The molecule has 0 saturated heterocycles. The van der Waals surface area contributed by atoms with Crippen LogP contribution in [-0.2, 0) is 0 Å². The molecule has 0 heterocycles. The first-order chi connectivity index (χ1) is 3.80. The van der Waals surface area contributed by atoms with Gasteiger partial charge in [0.1, 0.15) is 0 Å². The number of hydrogen-bond acceptors (Lipinski definition) is 1. The van der Waals surface area contributed by atoms with Gasteiger partial charge >= 0.3 is 63.1 Å². The van der Waals surface area contributed by atoms with Crippen LogP contribution in [0.5, 0.6) is 5.75 Å². The van der Waals surface area contributed by atoms with Crippen molar-refractivity contribution in [3.05, 3.63) is 24.3 Å². The van der Waals surface area contributed by atoms with E-state index in [9.17, 15) is 0 Å². The second-order valence-electron chi connectivity index (χ2n) is 1.45. The van der Waals surface area contributed by atoms with E-state index in [1.54, 1.807) is 6.07 Å². The second kappa shape index (κ2) is 2.45. The monoisotopic (exact) mass is 303 g/mol. The van der Waals surface area contributed by atoms with Gasteiger partial charge in [-0.3, -0.25) is 0 Å². The van der Waals surface area contributed by atoms with Crippen LogP contribution in [0.4, 0.5) is 0 Å². The van der Waals surface area contributed by atoms with Crippen LogP contribution in [0.15, 0.2) is 24.3 Å². The van der Waals surface area contributed by atoms with E-state index in [0.29, 0.717) is 5.75 Å². The van der Waals surface area contributed by atoms with Crippen LogP contribution in [0.1, 0.15) is 0 Å². The van der Waals surface area contributed by atoms with E-state index < -0.39 is 0 Å². The molecule has 0 amide bonds. The number of rotatable bonds is 0. The van der Waals surface area contributed by atoms with Gasteiger partial charge in [-0.2, -0.15) is 0 Å². The molecule has 0 aliphatic heterocycles. The molecule has 8 heavy (non-hydrogen) atoms. The summed E-state index contributed by atoms with van der Waals surface area (Å²) < 4.78 is 0.979. The van der Waals surface area contributed by atoms with Gasteiger partial charge in [-0.25, -0.2) is 0 Å². The fraction of sp³-hybridized carbons (Fsp3) is 0. The van der Waals surface area contributed by atoms with Crippen LogP contribution in [0.3, 0.4) is 0 Å². The third kappa shape index (κ3) is 1.19. The van der Waals surface area contributed by atoms with Crippen molar-refractivity contribution < 1.29 is 29.8 Å². The number of phenols is 1. The average Bonchev–Trinajstić information content (AvgIpc) is 1.77. The van der Waals surface area contributed by atoms with Crippen molar-refractivity contribution in [3.8, 4) is 5.75 Å². The van der Waals surface area contributed by atoms with E-state index in [2.05, 4.69) is 0 Å². The Kier molecular flexibility index (Phi) is 1.85. The zero-order valence-corrected chi connectivity index (χ0v) is 7.07. The van der Waals surface area contributed by atoms with Crippen molar-refractivity contribution in [2.45, 2.75) is 0 Å². The van der Waals surface area contributed by atoms with Gasteiger partial charge in [0, 0.05) is 0 Å². The fourth-order valence-corrected chi connectivity index (χ4v) is 0.979. The summed E-state index contributed by atoms with van der Waals surface area (Å²) in [6.07, 6.45) is 0. The van der Waals surface area contributed by atoms with Crippen LogP contribution in [0.25, 0.3) is 0 Å². The Morgan fingerprint density at radius 3 is 2.25 bits per heavy atom. The number of aromatic hydroxyl groups is 1. The van der Waals surface area contributed by atoms with Gasteiger partial charge in [0.25, 0.3) is 0 Å². The van der Waals surface area contributed by atoms with Crippen molar-refractivity contribution in [3.63, 3.8) is 0 Å². The summed E-state index contributed by atoms with van der Waals surface area (Å²) in [4.78, 5) is 0. The molecule has 0 aliphatic carbocycles. The minimum absolute atomic E-state index is 0.393. The summed E-state index contributed by atoms with van der Waals surface area (Å²) in [7, 11) is 0. The number of hydrogen-bond donors (Lipinski definition) is 1. The second-order valence-corrected chi connectivity index (χ2v) is 3.03. The zero-order valence-electron chi connectivity index (χ0n) is 4.13. The standard InChI is InChI=1S/C6H5AtO/c7-5-3-1-2-4-6(5)8/h1-4,8H. The molecule has 0 bridgehead atoms. The molecular formula is C6H5AtO. The van der Waals surface area contributed by atoms with Crippen molar-refractivity contribution in [1.82, 2.24) is 0 Å². The summed E-state index contributed by atoms with van der Waals surface area (Å²) in [6.45, 7) is 0. The Morgan fingerprint density at radius 1 is 1.25 bits per heavy atom. The van der Waals surface area contributed by atoms with Gasteiger partial charge in [-0.15, -0.1) is 0 Å². The molecule has 0 saturated carbocycles. The van der Waals surface area contributed by atoms with Gasteiger partial charge < -0.3 is 0 Å². The quantitative estimate of drug-likeness (QED) is 0.743. The predicted molar refractivity (Wildman–Crippen MR) is 27.7 cm³/mol. The van der Waals surface area contributed by atoms with Crippen LogP contribution in [0, 0.1) is 24.7 Å². The van der Waals surface area contributed by atoms with Gasteiger partial charge in [0.05, 0.1) is 0 Å². The van der Waals surface area contributed by atoms with Crippen molar-refractivity contribution >= 4 is 3.27 Å². The Bertz CT molecular complexity index is 165. The Labute approximate surface area is 63.2 Å². The van der Waals surface area contributed by atoms with Gasteiger partial charge in [0.15, 0.2) is 0 Å². The van der Waals surface area contributed by atoms with E-state index in [1.807, 2.05) is 18.2 Å². The fourth-order valence-electron chi connectivity index (χ4n) is 0.452. The molecule has 0 unspecified atom stereocenters. The molecule has 0 aromatic heterocycles. The number of phenolic OH excluding ortho intramolecular Hbond substituents is 1. The molecule has 2 heteroatoms. The summed E-state index contributed by atoms with van der Waals surface area (Å²) >= 11 is 1.49. The molecule has 42 valence electrons. The van der Waals surface area contributed by atoms with E-state index >= 15 is 0 Å². The molecule has 0 atom stereocenters.